The maximum Gasteiger partial charge on any atom is 0.251 e. The van der Waals surface area contributed by atoms with Crippen LogP contribution in [0.5, 0.6) is 11.5 Å². The molecule has 1 N–H and O–H groups in total. The largest absolute Gasteiger partial charge is 0.493 e. The number of piperidine rings is 1. The van der Waals surface area contributed by atoms with Crippen LogP contribution in [0.25, 0.3) is 0 Å². The third-order valence-electron chi connectivity index (χ3n) is 5.17. The molecule has 0 aliphatic carbocycles. The second-order valence-corrected chi connectivity index (χ2v) is 7.25. The lowest BCUT2D eigenvalue weighted by molar-refractivity contribution is 0.0932. The molecule has 0 saturated carbocycles. The number of aromatic nitrogens is 1. The van der Waals surface area contributed by atoms with Gasteiger partial charge in [-0.15, -0.1) is 0 Å². The fraction of sp³-hybridized carbons (Fsp3) is 0.429. The predicted octanol–water partition coefficient (Wildman–Crippen LogP) is 2.81. The summed E-state index contributed by atoms with van der Waals surface area (Å²) in [6, 6.07) is 9.71. The molecule has 142 valence electrons. The molecular formula is C21H25N3O3. The van der Waals surface area contributed by atoms with Crippen LogP contribution in [0.15, 0.2) is 36.5 Å². The molecule has 2 aliphatic heterocycles. The summed E-state index contributed by atoms with van der Waals surface area (Å²) in [4.78, 5) is 19.5. The van der Waals surface area contributed by atoms with Crippen molar-refractivity contribution < 1.29 is 14.3 Å². The van der Waals surface area contributed by atoms with E-state index in [9.17, 15) is 4.79 Å². The summed E-state index contributed by atoms with van der Waals surface area (Å²) in [5, 5.41) is 3.18. The zero-order valence-corrected chi connectivity index (χ0v) is 15.8. The van der Waals surface area contributed by atoms with Gasteiger partial charge in [-0.1, -0.05) is 6.07 Å². The van der Waals surface area contributed by atoms with E-state index < -0.39 is 0 Å². The standard InChI is InChI=1S/C21H25N3O3/c1-14-10-15-11-16(12-18(26-2)20(15)27-14)21(25)23-17-6-5-9-24(13-17)19-7-3-4-8-22-19/h3-4,7-8,11-12,14,17H,5-6,9-10,13H2,1-2H3,(H,23,25). The number of fused-ring (bicyclic) bond motifs is 1. The van der Waals surface area contributed by atoms with Gasteiger partial charge in [0.15, 0.2) is 11.5 Å². The first-order valence-corrected chi connectivity index (χ1v) is 9.48. The summed E-state index contributed by atoms with van der Waals surface area (Å²) in [6.45, 7) is 3.75. The Balaban J connectivity index is 1.47. The van der Waals surface area contributed by atoms with Crippen LogP contribution in [0, 0.1) is 0 Å². The second-order valence-electron chi connectivity index (χ2n) is 7.25. The summed E-state index contributed by atoms with van der Waals surface area (Å²) in [6.07, 6.45) is 4.70. The number of nitrogens with zero attached hydrogens (tertiary/aromatic N) is 2. The minimum absolute atomic E-state index is 0.0662. The summed E-state index contributed by atoms with van der Waals surface area (Å²) >= 11 is 0. The molecule has 0 radical (unpaired) electrons. The highest BCUT2D eigenvalue weighted by Gasteiger charge is 2.27. The van der Waals surface area contributed by atoms with Gasteiger partial charge in [0.1, 0.15) is 11.9 Å². The monoisotopic (exact) mass is 367 g/mol. The maximum atomic E-state index is 12.9. The Kier molecular flexibility index (Phi) is 4.88. The number of benzene rings is 1. The average Bonchev–Trinajstić information content (AvgIpc) is 3.08. The first-order chi connectivity index (χ1) is 13.1. The van der Waals surface area contributed by atoms with E-state index in [1.165, 1.54) is 0 Å². The van der Waals surface area contributed by atoms with Crippen molar-refractivity contribution in [2.75, 3.05) is 25.1 Å². The van der Waals surface area contributed by atoms with Crippen molar-refractivity contribution in [1.82, 2.24) is 10.3 Å². The molecular weight excluding hydrogens is 342 g/mol. The lowest BCUT2D eigenvalue weighted by Gasteiger charge is -2.34. The zero-order chi connectivity index (χ0) is 18.8. The van der Waals surface area contributed by atoms with Gasteiger partial charge in [-0.25, -0.2) is 4.98 Å². The molecule has 1 aromatic heterocycles. The van der Waals surface area contributed by atoms with Gasteiger partial charge < -0.3 is 19.7 Å². The molecule has 2 atom stereocenters. The number of carbonyl (C=O) groups excluding carboxylic acids is 1. The first kappa shape index (κ1) is 17.6. The average molecular weight is 367 g/mol. The smallest absolute Gasteiger partial charge is 0.251 e. The highest BCUT2D eigenvalue weighted by atomic mass is 16.5. The van der Waals surface area contributed by atoms with E-state index in [1.54, 1.807) is 19.4 Å². The Morgan fingerprint density at radius 1 is 1.37 bits per heavy atom. The van der Waals surface area contributed by atoms with Crippen molar-refractivity contribution in [3.05, 3.63) is 47.7 Å². The van der Waals surface area contributed by atoms with E-state index in [-0.39, 0.29) is 18.1 Å². The molecule has 2 aliphatic rings. The number of rotatable bonds is 4. The fourth-order valence-electron chi connectivity index (χ4n) is 3.89. The number of nitrogens with one attached hydrogen (secondary N) is 1. The summed E-state index contributed by atoms with van der Waals surface area (Å²) in [7, 11) is 1.61. The van der Waals surface area contributed by atoms with Crippen LogP contribution in [0.1, 0.15) is 35.7 Å². The zero-order valence-electron chi connectivity index (χ0n) is 15.8. The van der Waals surface area contributed by atoms with E-state index in [2.05, 4.69) is 15.2 Å². The SMILES string of the molecule is COc1cc(C(=O)NC2CCCN(c3ccccn3)C2)cc2c1OC(C)C2. The van der Waals surface area contributed by atoms with Gasteiger partial charge in [-0.2, -0.15) is 0 Å². The molecule has 1 amide bonds. The van der Waals surface area contributed by atoms with Crippen LogP contribution in [-0.4, -0.2) is 43.2 Å². The van der Waals surface area contributed by atoms with Crippen LogP contribution in [0.4, 0.5) is 5.82 Å². The lowest BCUT2D eigenvalue weighted by atomic mass is 10.0. The third kappa shape index (κ3) is 3.70. The molecule has 27 heavy (non-hydrogen) atoms. The molecule has 0 spiro atoms. The predicted molar refractivity (Wildman–Crippen MR) is 104 cm³/mol. The van der Waals surface area contributed by atoms with Crippen LogP contribution >= 0.6 is 0 Å². The quantitative estimate of drug-likeness (QED) is 0.900. The van der Waals surface area contributed by atoms with Crippen molar-refractivity contribution in [2.45, 2.75) is 38.3 Å². The van der Waals surface area contributed by atoms with Gasteiger partial charge >= 0.3 is 0 Å². The van der Waals surface area contributed by atoms with Gasteiger partial charge in [-0.3, -0.25) is 4.79 Å². The first-order valence-electron chi connectivity index (χ1n) is 9.48. The van der Waals surface area contributed by atoms with Crippen LogP contribution in [-0.2, 0) is 6.42 Å². The molecule has 2 unspecified atom stereocenters. The number of ether oxygens (including phenoxy) is 2. The fourth-order valence-corrected chi connectivity index (χ4v) is 3.89. The summed E-state index contributed by atoms with van der Waals surface area (Å²) in [5.74, 6) is 2.28. The van der Waals surface area contributed by atoms with Gasteiger partial charge in [0, 0.05) is 42.9 Å². The van der Waals surface area contributed by atoms with E-state index >= 15 is 0 Å². The van der Waals surface area contributed by atoms with Crippen molar-refractivity contribution in [1.29, 1.82) is 0 Å². The number of methoxy groups -OCH3 is 1. The molecule has 0 bridgehead atoms. The topological polar surface area (TPSA) is 63.7 Å². The molecule has 1 saturated heterocycles. The number of pyridine rings is 1. The highest BCUT2D eigenvalue weighted by molar-refractivity contribution is 5.95. The minimum Gasteiger partial charge on any atom is -0.493 e. The third-order valence-corrected chi connectivity index (χ3v) is 5.17. The van der Waals surface area contributed by atoms with Gasteiger partial charge in [0.2, 0.25) is 0 Å². The summed E-state index contributed by atoms with van der Waals surface area (Å²) in [5.41, 5.74) is 1.66. The lowest BCUT2D eigenvalue weighted by Crippen LogP contribution is -2.48. The van der Waals surface area contributed by atoms with Gasteiger partial charge in [-0.05, 0) is 44.0 Å². The number of hydrogen-bond acceptors (Lipinski definition) is 5. The number of anilines is 1. The second kappa shape index (κ2) is 7.47. The van der Waals surface area contributed by atoms with E-state index in [0.29, 0.717) is 11.3 Å². The van der Waals surface area contributed by atoms with E-state index in [4.69, 9.17) is 9.47 Å². The Morgan fingerprint density at radius 2 is 2.26 bits per heavy atom. The molecule has 2 aromatic rings. The molecule has 3 heterocycles. The Morgan fingerprint density at radius 3 is 3.04 bits per heavy atom. The van der Waals surface area contributed by atoms with Gasteiger partial charge in [0.25, 0.3) is 5.91 Å². The van der Waals surface area contributed by atoms with Crippen LogP contribution in [0.2, 0.25) is 0 Å². The Labute approximate surface area is 159 Å². The Hall–Kier alpha value is -2.76. The normalized spacial score (nSPS) is 21.3. The number of hydrogen-bond donors (Lipinski definition) is 1. The molecule has 1 aromatic carbocycles. The molecule has 1 fully saturated rings. The number of amides is 1. The van der Waals surface area contributed by atoms with Crippen LogP contribution < -0.4 is 19.7 Å². The Bertz CT molecular complexity index is 825. The van der Waals surface area contributed by atoms with Crippen LogP contribution in [0.3, 0.4) is 0 Å². The molecule has 4 rings (SSSR count). The van der Waals surface area contributed by atoms with Crippen molar-refractivity contribution in [2.24, 2.45) is 0 Å². The highest BCUT2D eigenvalue weighted by Crippen LogP contribution is 2.39. The van der Waals surface area contributed by atoms with Crippen molar-refractivity contribution in [3.63, 3.8) is 0 Å². The van der Waals surface area contributed by atoms with Crippen molar-refractivity contribution >= 4 is 11.7 Å². The molecule has 6 heteroatoms. The maximum absolute atomic E-state index is 12.9. The molecule has 6 nitrogen and oxygen atoms in total. The van der Waals surface area contributed by atoms with E-state index in [1.807, 2.05) is 31.2 Å². The number of carbonyl (C=O) groups is 1. The van der Waals surface area contributed by atoms with Gasteiger partial charge in [0.05, 0.1) is 7.11 Å². The minimum atomic E-state index is -0.0662. The van der Waals surface area contributed by atoms with E-state index in [0.717, 1.165) is 49.5 Å². The summed E-state index contributed by atoms with van der Waals surface area (Å²) < 4.78 is 11.2. The van der Waals surface area contributed by atoms with Crippen molar-refractivity contribution in [3.8, 4) is 11.5 Å².